The molecule has 0 aromatic carbocycles. The summed E-state index contributed by atoms with van der Waals surface area (Å²) >= 11 is 0. The van der Waals surface area contributed by atoms with E-state index in [0.717, 1.165) is 50.2 Å². The molecule has 0 radical (unpaired) electrons. The highest BCUT2D eigenvalue weighted by Crippen LogP contribution is 2.52. The van der Waals surface area contributed by atoms with Gasteiger partial charge in [0.25, 0.3) is 5.91 Å². The van der Waals surface area contributed by atoms with E-state index in [1.54, 1.807) is 5.57 Å². The first-order valence-corrected chi connectivity index (χ1v) is 14.2. The molecule has 3 aliphatic carbocycles. The third-order valence-corrected chi connectivity index (χ3v) is 9.20. The number of allylic oxidation sites excluding steroid dienone is 5. The van der Waals surface area contributed by atoms with Crippen LogP contribution in [-0.4, -0.2) is 40.3 Å². The van der Waals surface area contributed by atoms with E-state index in [9.17, 15) is 4.79 Å². The molecule has 3 heterocycles. The Morgan fingerprint density at radius 2 is 1.97 bits per heavy atom. The number of hydrogen-bond acceptors (Lipinski definition) is 4. The summed E-state index contributed by atoms with van der Waals surface area (Å²) in [6.45, 7) is 5.86. The van der Waals surface area contributed by atoms with Crippen molar-refractivity contribution in [3.05, 3.63) is 59.3 Å². The van der Waals surface area contributed by atoms with E-state index >= 15 is 0 Å². The van der Waals surface area contributed by atoms with Crippen LogP contribution in [-0.2, 0) is 10.2 Å². The number of anilines is 1. The molecule has 1 aromatic heterocycles. The van der Waals surface area contributed by atoms with Gasteiger partial charge in [-0.25, -0.2) is 4.98 Å². The van der Waals surface area contributed by atoms with Gasteiger partial charge in [-0.15, -0.1) is 0 Å². The Morgan fingerprint density at radius 1 is 1.17 bits per heavy atom. The van der Waals surface area contributed by atoms with Crippen LogP contribution in [0, 0.1) is 11.8 Å². The maximum Gasteiger partial charge on any atom is 0.270 e. The number of aromatic nitrogens is 1. The molecule has 1 N–H and O–H groups in total. The molecule has 1 aromatic rings. The first kappa shape index (κ1) is 23.7. The lowest BCUT2D eigenvalue weighted by Gasteiger charge is -2.37. The molecule has 0 saturated heterocycles. The van der Waals surface area contributed by atoms with Gasteiger partial charge >= 0.3 is 0 Å². The highest BCUT2D eigenvalue weighted by Gasteiger charge is 2.47. The van der Waals surface area contributed by atoms with Gasteiger partial charge < -0.3 is 10.2 Å². The van der Waals surface area contributed by atoms with E-state index in [1.165, 1.54) is 43.2 Å². The van der Waals surface area contributed by atoms with E-state index in [0.29, 0.717) is 12.5 Å². The van der Waals surface area contributed by atoms with Crippen LogP contribution in [0.3, 0.4) is 0 Å². The van der Waals surface area contributed by atoms with E-state index in [2.05, 4.69) is 65.5 Å². The lowest BCUT2D eigenvalue weighted by Crippen LogP contribution is -2.47. The van der Waals surface area contributed by atoms with Crippen LogP contribution in [0.1, 0.15) is 83.6 Å². The van der Waals surface area contributed by atoms with Gasteiger partial charge in [0.1, 0.15) is 17.2 Å². The standard InChI is InChI=1S/C31H40N4O/c1-22(2)27-29(36)35(31(34-27)14-6-4-3-5-7-15-31)17-9-10-23-12-13-24-19-30(20-25(24)18-23)21-33-28-26(30)11-8-16-32-28/h8-13,16,22-23H,3-7,14-15,17-21H2,1-2H3,(H,32,33). The zero-order valence-corrected chi connectivity index (χ0v) is 21.9. The third-order valence-electron chi connectivity index (χ3n) is 9.20. The molecule has 5 nitrogen and oxygen atoms in total. The third kappa shape index (κ3) is 4.05. The van der Waals surface area contributed by atoms with E-state index in [1.807, 2.05) is 6.20 Å². The number of carbonyl (C=O) groups is 1. The number of rotatable bonds is 4. The van der Waals surface area contributed by atoms with Crippen LogP contribution >= 0.6 is 0 Å². The van der Waals surface area contributed by atoms with Crippen LogP contribution in [0.15, 0.2) is 58.8 Å². The maximum absolute atomic E-state index is 13.4. The molecular formula is C31H40N4O. The molecular weight excluding hydrogens is 444 g/mol. The van der Waals surface area contributed by atoms with Crippen molar-refractivity contribution < 1.29 is 4.79 Å². The molecule has 2 aliphatic heterocycles. The smallest absolute Gasteiger partial charge is 0.270 e. The molecule has 2 atom stereocenters. The molecule has 5 heteroatoms. The minimum absolute atomic E-state index is 0.165. The summed E-state index contributed by atoms with van der Waals surface area (Å²) in [5, 5.41) is 3.55. The van der Waals surface area contributed by atoms with Gasteiger partial charge in [-0.1, -0.05) is 69.1 Å². The van der Waals surface area contributed by atoms with Gasteiger partial charge in [-0.3, -0.25) is 9.79 Å². The second kappa shape index (κ2) is 9.32. The fourth-order valence-electron chi connectivity index (χ4n) is 7.30. The maximum atomic E-state index is 13.4. The Kier molecular flexibility index (Phi) is 6.13. The molecule has 0 bridgehead atoms. The summed E-state index contributed by atoms with van der Waals surface area (Å²) in [6.07, 6.45) is 22.7. The largest absolute Gasteiger partial charge is 0.369 e. The van der Waals surface area contributed by atoms with Crippen LogP contribution in [0.2, 0.25) is 0 Å². The average molecular weight is 485 g/mol. The van der Waals surface area contributed by atoms with Gasteiger partial charge in [0.2, 0.25) is 0 Å². The Morgan fingerprint density at radius 3 is 2.78 bits per heavy atom. The van der Waals surface area contributed by atoms with E-state index in [4.69, 9.17) is 4.99 Å². The summed E-state index contributed by atoms with van der Waals surface area (Å²) in [7, 11) is 0. The molecule has 2 spiro atoms. The highest BCUT2D eigenvalue weighted by atomic mass is 16.2. The number of amides is 1. The number of hydrogen-bond donors (Lipinski definition) is 1. The molecule has 5 aliphatic rings. The van der Waals surface area contributed by atoms with E-state index < -0.39 is 0 Å². The number of aliphatic imine (C=N–C) groups is 1. The number of fused-ring (bicyclic) bond motifs is 2. The van der Waals surface area contributed by atoms with Gasteiger partial charge in [-0.2, -0.15) is 0 Å². The predicted molar refractivity (Wildman–Crippen MR) is 146 cm³/mol. The van der Waals surface area contributed by atoms with E-state index in [-0.39, 0.29) is 22.9 Å². The van der Waals surface area contributed by atoms with Crippen molar-refractivity contribution in [2.75, 3.05) is 18.4 Å². The molecule has 190 valence electrons. The second-order valence-corrected chi connectivity index (χ2v) is 12.0. The molecule has 1 fully saturated rings. The summed E-state index contributed by atoms with van der Waals surface area (Å²) in [6, 6.07) is 4.33. The SMILES string of the molecule is CC(C)C1=NC2(CCCCCCC2)N(CC=CC2C=CC3=C(C2)CC2(CNc4ncccc42)C3)C1=O. The van der Waals surface area contributed by atoms with Gasteiger partial charge in [-0.05, 0) is 62.5 Å². The average Bonchev–Trinajstić information content (AvgIpc) is 3.49. The molecule has 1 saturated carbocycles. The fraction of sp³-hybridized carbons (Fsp3) is 0.581. The summed E-state index contributed by atoms with van der Waals surface area (Å²) < 4.78 is 0. The summed E-state index contributed by atoms with van der Waals surface area (Å²) in [5.74, 6) is 1.82. The highest BCUT2D eigenvalue weighted by molar-refractivity contribution is 6.41. The topological polar surface area (TPSA) is 57.6 Å². The lowest BCUT2D eigenvalue weighted by atomic mass is 9.79. The molecule has 6 rings (SSSR count). The monoisotopic (exact) mass is 484 g/mol. The van der Waals surface area contributed by atoms with Gasteiger partial charge in [0.05, 0.1) is 0 Å². The van der Waals surface area contributed by atoms with Crippen molar-refractivity contribution >= 4 is 17.4 Å². The van der Waals surface area contributed by atoms with Gasteiger partial charge in [0, 0.05) is 36.2 Å². The van der Waals surface area contributed by atoms with Crippen LogP contribution < -0.4 is 5.32 Å². The summed E-state index contributed by atoms with van der Waals surface area (Å²) in [5.41, 5.74) is 5.16. The normalized spacial score (nSPS) is 29.2. The molecule has 36 heavy (non-hydrogen) atoms. The minimum Gasteiger partial charge on any atom is -0.369 e. The van der Waals surface area contributed by atoms with Crippen molar-refractivity contribution in [2.45, 2.75) is 89.1 Å². The lowest BCUT2D eigenvalue weighted by molar-refractivity contribution is -0.128. The van der Waals surface area contributed by atoms with Gasteiger partial charge in [0.15, 0.2) is 0 Å². The second-order valence-electron chi connectivity index (χ2n) is 12.0. The molecule has 1 amide bonds. The Bertz CT molecular complexity index is 1150. The van der Waals surface area contributed by atoms with Crippen molar-refractivity contribution in [1.82, 2.24) is 9.88 Å². The Balaban J connectivity index is 1.13. The van der Waals surface area contributed by atoms with Crippen LogP contribution in [0.5, 0.6) is 0 Å². The number of carbonyl (C=O) groups excluding carboxylic acids is 1. The quantitative estimate of drug-likeness (QED) is 0.507. The first-order chi connectivity index (χ1) is 17.5. The van der Waals surface area contributed by atoms with Crippen LogP contribution in [0.4, 0.5) is 5.82 Å². The number of pyridine rings is 1. The van der Waals surface area contributed by atoms with Crippen molar-refractivity contribution in [3.63, 3.8) is 0 Å². The van der Waals surface area contributed by atoms with Crippen molar-refractivity contribution in [3.8, 4) is 0 Å². The Labute approximate surface area is 215 Å². The van der Waals surface area contributed by atoms with Crippen molar-refractivity contribution in [1.29, 1.82) is 0 Å². The summed E-state index contributed by atoms with van der Waals surface area (Å²) in [4.78, 5) is 25.2. The minimum atomic E-state index is -0.311. The fourth-order valence-corrected chi connectivity index (χ4v) is 7.30. The zero-order chi connectivity index (χ0) is 24.8. The zero-order valence-electron chi connectivity index (χ0n) is 21.9. The van der Waals surface area contributed by atoms with Crippen LogP contribution in [0.25, 0.3) is 0 Å². The first-order valence-electron chi connectivity index (χ1n) is 14.2. The number of nitrogens with zero attached hydrogens (tertiary/aromatic N) is 3. The van der Waals surface area contributed by atoms with Crippen molar-refractivity contribution in [2.24, 2.45) is 16.8 Å². The molecule has 2 unspecified atom stereocenters. The number of nitrogens with one attached hydrogen (secondary N) is 1. The Hall–Kier alpha value is -2.69. The predicted octanol–water partition coefficient (Wildman–Crippen LogP) is 6.35.